The van der Waals surface area contributed by atoms with Gasteiger partial charge in [0.05, 0.1) is 6.10 Å². The molecule has 2 aromatic rings. The molecule has 0 aliphatic carbocycles. The average molecular weight is 374 g/mol. The van der Waals surface area contributed by atoms with Gasteiger partial charge in [-0.15, -0.1) is 11.3 Å². The van der Waals surface area contributed by atoms with E-state index in [1.54, 1.807) is 11.3 Å². The number of nitrogens with one attached hydrogen (secondary N) is 1. The molecule has 2 heterocycles. The maximum atomic E-state index is 12.6. The van der Waals surface area contributed by atoms with Crippen LogP contribution in [-0.2, 0) is 0 Å². The minimum Gasteiger partial charge on any atom is -0.387 e. The lowest BCUT2D eigenvalue weighted by Gasteiger charge is -2.34. The molecule has 0 bridgehead atoms. The number of carbonyl (C=O) groups is 1. The third-order valence-corrected chi connectivity index (χ3v) is 6.03. The fraction of sp³-hybridized carbons (Fsp3) is 0.450. The molecule has 2 N–H and O–H groups in total. The quantitative estimate of drug-likeness (QED) is 0.848. The van der Waals surface area contributed by atoms with Crippen molar-refractivity contribution < 1.29 is 9.90 Å². The third kappa shape index (κ3) is 4.19. The summed E-state index contributed by atoms with van der Waals surface area (Å²) in [7, 11) is 3.97. The van der Waals surface area contributed by atoms with Gasteiger partial charge in [-0.2, -0.15) is 0 Å². The van der Waals surface area contributed by atoms with Gasteiger partial charge in [0.2, 0.25) is 0 Å². The van der Waals surface area contributed by atoms with Gasteiger partial charge < -0.3 is 20.2 Å². The molecule has 140 valence electrons. The van der Waals surface area contributed by atoms with Crippen molar-refractivity contribution >= 4 is 28.7 Å². The van der Waals surface area contributed by atoms with Crippen molar-refractivity contribution in [3.8, 4) is 0 Å². The molecule has 3 rings (SSSR count). The summed E-state index contributed by atoms with van der Waals surface area (Å²) in [5.41, 5.74) is 2.96. The SMILES string of the molecule is Cc1ccc(N(C)C)cc1NC(=O)N1CCC([C@H](O)c2cccs2)CC1. The molecule has 0 spiro atoms. The maximum absolute atomic E-state index is 12.6. The molecule has 1 fully saturated rings. The van der Waals surface area contributed by atoms with E-state index in [1.165, 1.54) is 0 Å². The van der Waals surface area contributed by atoms with Gasteiger partial charge in [0, 0.05) is 43.4 Å². The second-order valence-electron chi connectivity index (χ2n) is 7.11. The van der Waals surface area contributed by atoms with Crippen LogP contribution in [0.5, 0.6) is 0 Å². The number of likely N-dealkylation sites (tertiary alicyclic amines) is 1. The first-order valence-electron chi connectivity index (χ1n) is 9.01. The number of hydrogen-bond donors (Lipinski definition) is 2. The van der Waals surface area contributed by atoms with Crippen LogP contribution < -0.4 is 10.2 Å². The van der Waals surface area contributed by atoms with E-state index in [1.807, 2.05) is 66.5 Å². The van der Waals surface area contributed by atoms with Gasteiger partial charge in [-0.3, -0.25) is 0 Å². The van der Waals surface area contributed by atoms with E-state index in [2.05, 4.69) is 5.32 Å². The number of hydrogen-bond acceptors (Lipinski definition) is 4. The average Bonchev–Trinajstić information content (AvgIpc) is 3.17. The zero-order valence-electron chi connectivity index (χ0n) is 15.6. The van der Waals surface area contributed by atoms with Crippen LogP contribution in [-0.4, -0.2) is 43.2 Å². The van der Waals surface area contributed by atoms with Crippen molar-refractivity contribution in [2.45, 2.75) is 25.9 Å². The Morgan fingerprint density at radius 3 is 2.65 bits per heavy atom. The predicted octanol–water partition coefficient (Wildman–Crippen LogP) is 4.10. The summed E-state index contributed by atoms with van der Waals surface area (Å²) in [6, 6.07) is 9.95. The normalized spacial score (nSPS) is 16.4. The van der Waals surface area contributed by atoms with Gasteiger partial charge in [0.25, 0.3) is 0 Å². The van der Waals surface area contributed by atoms with E-state index in [0.29, 0.717) is 13.1 Å². The molecule has 2 amide bonds. The Bertz CT molecular complexity index is 738. The molecule has 1 saturated heterocycles. The van der Waals surface area contributed by atoms with E-state index in [9.17, 15) is 9.90 Å². The van der Waals surface area contributed by atoms with Crippen LogP contribution in [0.4, 0.5) is 16.2 Å². The van der Waals surface area contributed by atoms with Gasteiger partial charge in [-0.1, -0.05) is 12.1 Å². The Morgan fingerprint density at radius 2 is 2.04 bits per heavy atom. The molecule has 1 aromatic carbocycles. The van der Waals surface area contributed by atoms with Crippen LogP contribution in [0, 0.1) is 12.8 Å². The zero-order valence-corrected chi connectivity index (χ0v) is 16.4. The van der Waals surface area contributed by atoms with Crippen molar-refractivity contribution in [2.75, 3.05) is 37.4 Å². The first-order valence-corrected chi connectivity index (χ1v) is 9.89. The van der Waals surface area contributed by atoms with Crippen molar-refractivity contribution in [3.63, 3.8) is 0 Å². The monoisotopic (exact) mass is 373 g/mol. The maximum Gasteiger partial charge on any atom is 0.321 e. The molecule has 1 aliphatic rings. The molecule has 26 heavy (non-hydrogen) atoms. The van der Waals surface area contributed by atoms with Crippen molar-refractivity contribution in [3.05, 3.63) is 46.2 Å². The Morgan fingerprint density at radius 1 is 1.31 bits per heavy atom. The first kappa shape index (κ1) is 18.7. The van der Waals surface area contributed by atoms with Gasteiger partial charge in [-0.05, 0) is 54.8 Å². The molecule has 1 atom stereocenters. The van der Waals surface area contributed by atoms with Gasteiger partial charge >= 0.3 is 6.03 Å². The van der Waals surface area contributed by atoms with Crippen LogP contribution in [0.2, 0.25) is 0 Å². The lowest BCUT2D eigenvalue weighted by Crippen LogP contribution is -2.42. The molecular weight excluding hydrogens is 346 g/mol. The third-order valence-electron chi connectivity index (χ3n) is 5.09. The van der Waals surface area contributed by atoms with Gasteiger partial charge in [0.15, 0.2) is 0 Å². The minimum atomic E-state index is -0.417. The Hall–Kier alpha value is -2.05. The lowest BCUT2D eigenvalue weighted by atomic mass is 9.90. The molecule has 1 aromatic heterocycles. The predicted molar refractivity (Wildman–Crippen MR) is 108 cm³/mol. The summed E-state index contributed by atoms with van der Waals surface area (Å²) in [5, 5.41) is 15.5. The molecule has 1 aliphatic heterocycles. The molecule has 0 saturated carbocycles. The highest BCUT2D eigenvalue weighted by Gasteiger charge is 2.28. The summed E-state index contributed by atoms with van der Waals surface area (Å²) in [6.07, 6.45) is 1.23. The van der Waals surface area contributed by atoms with Crippen LogP contribution in [0.3, 0.4) is 0 Å². The highest BCUT2D eigenvalue weighted by atomic mass is 32.1. The first-order chi connectivity index (χ1) is 12.5. The summed E-state index contributed by atoms with van der Waals surface area (Å²) >= 11 is 1.59. The number of rotatable bonds is 4. The number of anilines is 2. The summed E-state index contributed by atoms with van der Waals surface area (Å²) in [5.74, 6) is 0.219. The number of urea groups is 1. The van der Waals surface area contributed by atoms with Crippen molar-refractivity contribution in [2.24, 2.45) is 5.92 Å². The van der Waals surface area contributed by atoms with E-state index in [0.717, 1.165) is 34.7 Å². The fourth-order valence-corrected chi connectivity index (χ4v) is 4.13. The smallest absolute Gasteiger partial charge is 0.321 e. The second kappa shape index (κ2) is 8.10. The Kier molecular flexibility index (Phi) is 5.84. The highest BCUT2D eigenvalue weighted by Crippen LogP contribution is 2.33. The van der Waals surface area contributed by atoms with Gasteiger partial charge in [0.1, 0.15) is 0 Å². The number of carbonyl (C=O) groups excluding carboxylic acids is 1. The molecule has 0 unspecified atom stereocenters. The van der Waals surface area contributed by atoms with E-state index >= 15 is 0 Å². The zero-order chi connectivity index (χ0) is 18.7. The largest absolute Gasteiger partial charge is 0.387 e. The standard InChI is InChI=1S/C20H27N3O2S/c1-14-6-7-16(22(2)3)13-17(14)21-20(25)23-10-8-15(9-11-23)19(24)18-5-4-12-26-18/h4-7,12-13,15,19,24H,8-11H2,1-3H3,(H,21,25)/t19-/m0/s1. The van der Waals surface area contributed by atoms with Crippen molar-refractivity contribution in [1.29, 1.82) is 0 Å². The van der Waals surface area contributed by atoms with E-state index in [-0.39, 0.29) is 11.9 Å². The number of aryl methyl sites for hydroxylation is 1. The minimum absolute atomic E-state index is 0.0620. The van der Waals surface area contributed by atoms with Crippen LogP contribution >= 0.6 is 11.3 Å². The second-order valence-corrected chi connectivity index (χ2v) is 8.09. The Balaban J connectivity index is 1.58. The van der Waals surface area contributed by atoms with Crippen LogP contribution in [0.25, 0.3) is 0 Å². The van der Waals surface area contributed by atoms with Gasteiger partial charge in [-0.25, -0.2) is 4.79 Å². The Labute approximate surface area is 159 Å². The number of thiophene rings is 1. The van der Waals surface area contributed by atoms with Crippen LogP contribution in [0.15, 0.2) is 35.7 Å². The summed E-state index contributed by atoms with van der Waals surface area (Å²) < 4.78 is 0. The number of aliphatic hydroxyl groups excluding tert-OH is 1. The highest BCUT2D eigenvalue weighted by molar-refractivity contribution is 7.10. The fourth-order valence-electron chi connectivity index (χ4n) is 3.33. The number of nitrogens with zero attached hydrogens (tertiary/aromatic N) is 2. The molecule has 0 radical (unpaired) electrons. The summed E-state index contributed by atoms with van der Waals surface area (Å²) in [4.78, 5) is 17.5. The van der Waals surface area contributed by atoms with E-state index < -0.39 is 6.10 Å². The molecule has 6 heteroatoms. The number of amides is 2. The van der Waals surface area contributed by atoms with Crippen molar-refractivity contribution in [1.82, 2.24) is 4.90 Å². The topological polar surface area (TPSA) is 55.8 Å². The van der Waals surface area contributed by atoms with Crippen LogP contribution in [0.1, 0.15) is 29.4 Å². The number of aliphatic hydroxyl groups is 1. The summed E-state index contributed by atoms with van der Waals surface area (Å²) in [6.45, 7) is 3.34. The lowest BCUT2D eigenvalue weighted by molar-refractivity contribution is 0.0708. The number of benzene rings is 1. The number of piperidine rings is 1. The molecular formula is C20H27N3O2S. The van der Waals surface area contributed by atoms with E-state index in [4.69, 9.17) is 0 Å². The molecule has 5 nitrogen and oxygen atoms in total.